The number of carbonyl (C=O) groups is 1. The molecule has 5 heteroatoms. The average Bonchev–Trinajstić information content (AvgIpc) is 2.68. The second-order valence-electron chi connectivity index (χ2n) is 5.47. The molecule has 0 atom stereocenters. The topological polar surface area (TPSA) is 67.2 Å². The first kappa shape index (κ1) is 16.7. The molecule has 1 aromatic rings. The van der Waals surface area contributed by atoms with Gasteiger partial charge in [-0.15, -0.1) is 0 Å². The van der Waals surface area contributed by atoms with E-state index < -0.39 is 5.54 Å². The molecule has 2 N–H and O–H groups in total. The van der Waals surface area contributed by atoms with Crippen molar-refractivity contribution in [3.05, 3.63) is 17.0 Å². The van der Waals surface area contributed by atoms with Crippen LogP contribution in [0.15, 0.2) is 0 Å². The van der Waals surface area contributed by atoms with Gasteiger partial charge in [0.05, 0.1) is 17.8 Å². The highest BCUT2D eigenvalue weighted by Crippen LogP contribution is 2.16. The van der Waals surface area contributed by atoms with Crippen molar-refractivity contribution in [1.82, 2.24) is 15.1 Å². The molecule has 114 valence electrons. The number of rotatable bonds is 7. The van der Waals surface area contributed by atoms with Crippen LogP contribution in [0.4, 0.5) is 0 Å². The lowest BCUT2D eigenvalue weighted by Crippen LogP contribution is -2.50. The minimum Gasteiger partial charge on any atom is -0.394 e. The Morgan fingerprint density at radius 3 is 2.35 bits per heavy atom. The van der Waals surface area contributed by atoms with Gasteiger partial charge in [0.15, 0.2) is 0 Å². The third-order valence-electron chi connectivity index (χ3n) is 4.32. The van der Waals surface area contributed by atoms with Crippen LogP contribution in [0.2, 0.25) is 0 Å². The van der Waals surface area contributed by atoms with Crippen LogP contribution in [0.5, 0.6) is 0 Å². The number of hydrogen-bond donors (Lipinski definition) is 2. The normalized spacial score (nSPS) is 11.7. The number of aromatic nitrogens is 2. The molecule has 1 amide bonds. The summed E-state index contributed by atoms with van der Waals surface area (Å²) in [6.07, 6.45) is 2.58. The van der Waals surface area contributed by atoms with Crippen LogP contribution in [0.1, 0.15) is 50.1 Å². The lowest BCUT2D eigenvalue weighted by molar-refractivity contribution is -0.123. The summed E-state index contributed by atoms with van der Waals surface area (Å²) < 4.78 is 1.85. The van der Waals surface area contributed by atoms with Crippen molar-refractivity contribution in [3.63, 3.8) is 0 Å². The number of aliphatic hydroxyl groups excluding tert-OH is 1. The Bertz CT molecular complexity index is 454. The van der Waals surface area contributed by atoms with E-state index in [-0.39, 0.29) is 12.5 Å². The average molecular weight is 281 g/mol. The fraction of sp³-hybridized carbons (Fsp3) is 0.733. The minimum atomic E-state index is -0.476. The zero-order valence-corrected chi connectivity index (χ0v) is 13.3. The summed E-state index contributed by atoms with van der Waals surface area (Å²) in [7, 11) is 1.91. The van der Waals surface area contributed by atoms with E-state index in [1.807, 2.05) is 39.4 Å². The number of carbonyl (C=O) groups excluding carboxylic acids is 1. The van der Waals surface area contributed by atoms with E-state index in [2.05, 4.69) is 10.4 Å². The van der Waals surface area contributed by atoms with E-state index >= 15 is 0 Å². The molecule has 0 aliphatic carbocycles. The Labute approximate surface area is 121 Å². The summed E-state index contributed by atoms with van der Waals surface area (Å²) >= 11 is 0. The number of nitrogens with one attached hydrogen (secondary N) is 1. The van der Waals surface area contributed by atoms with Gasteiger partial charge in [-0.1, -0.05) is 13.8 Å². The second-order valence-corrected chi connectivity index (χ2v) is 5.47. The Morgan fingerprint density at radius 2 is 1.95 bits per heavy atom. The Morgan fingerprint density at radius 1 is 1.35 bits per heavy atom. The molecule has 0 unspecified atom stereocenters. The van der Waals surface area contributed by atoms with Gasteiger partial charge in [0.2, 0.25) is 5.91 Å². The molecule has 0 radical (unpaired) electrons. The SMILES string of the molecule is CCC(CC)(CO)NC(=O)CCc1c(C)nn(C)c1C. The van der Waals surface area contributed by atoms with Gasteiger partial charge in [-0.05, 0) is 38.7 Å². The highest BCUT2D eigenvalue weighted by atomic mass is 16.3. The van der Waals surface area contributed by atoms with Crippen molar-refractivity contribution in [1.29, 1.82) is 0 Å². The maximum atomic E-state index is 12.1. The van der Waals surface area contributed by atoms with Crippen LogP contribution < -0.4 is 5.32 Å². The quantitative estimate of drug-likeness (QED) is 0.798. The molecule has 1 heterocycles. The van der Waals surface area contributed by atoms with E-state index in [4.69, 9.17) is 0 Å². The predicted octanol–water partition coefficient (Wildman–Crippen LogP) is 1.64. The minimum absolute atomic E-state index is 0.00889. The van der Waals surface area contributed by atoms with Gasteiger partial charge in [0.1, 0.15) is 0 Å². The molecule has 0 bridgehead atoms. The van der Waals surface area contributed by atoms with Crippen LogP contribution in [0.3, 0.4) is 0 Å². The smallest absolute Gasteiger partial charge is 0.220 e. The molecule has 0 saturated carbocycles. The fourth-order valence-electron chi connectivity index (χ4n) is 2.47. The first-order valence-electron chi connectivity index (χ1n) is 7.30. The lowest BCUT2D eigenvalue weighted by Gasteiger charge is -2.30. The van der Waals surface area contributed by atoms with Crippen LogP contribution >= 0.6 is 0 Å². The Kier molecular flexibility index (Phi) is 5.74. The Balaban J connectivity index is 2.64. The van der Waals surface area contributed by atoms with E-state index in [0.29, 0.717) is 12.8 Å². The predicted molar refractivity (Wildman–Crippen MR) is 79.5 cm³/mol. The van der Waals surface area contributed by atoms with Crippen LogP contribution in [0.25, 0.3) is 0 Å². The van der Waals surface area contributed by atoms with Crippen LogP contribution in [-0.4, -0.2) is 32.9 Å². The largest absolute Gasteiger partial charge is 0.394 e. The molecule has 1 rings (SSSR count). The van der Waals surface area contributed by atoms with Crippen molar-refractivity contribution in [2.24, 2.45) is 7.05 Å². The van der Waals surface area contributed by atoms with Crippen molar-refractivity contribution in [2.45, 2.75) is 58.9 Å². The van der Waals surface area contributed by atoms with Gasteiger partial charge in [0.25, 0.3) is 0 Å². The lowest BCUT2D eigenvalue weighted by atomic mass is 9.93. The standard InChI is InChI=1S/C15H27N3O2/c1-6-15(7-2,10-19)16-14(20)9-8-13-11(3)17-18(5)12(13)4/h19H,6-10H2,1-5H3,(H,16,20). The number of nitrogens with zero attached hydrogens (tertiary/aromatic N) is 2. The molecular weight excluding hydrogens is 254 g/mol. The third kappa shape index (κ3) is 3.60. The highest BCUT2D eigenvalue weighted by molar-refractivity contribution is 5.77. The summed E-state index contributed by atoms with van der Waals surface area (Å²) in [4.78, 5) is 12.1. The number of hydrogen-bond acceptors (Lipinski definition) is 3. The third-order valence-corrected chi connectivity index (χ3v) is 4.32. The summed E-state index contributed by atoms with van der Waals surface area (Å²) in [5, 5.41) is 16.8. The molecule has 0 fully saturated rings. The van der Waals surface area contributed by atoms with Crippen LogP contribution in [-0.2, 0) is 18.3 Å². The zero-order chi connectivity index (χ0) is 15.3. The van der Waals surface area contributed by atoms with Crippen molar-refractivity contribution in [3.8, 4) is 0 Å². The first-order chi connectivity index (χ1) is 9.39. The second kappa shape index (κ2) is 6.88. The van der Waals surface area contributed by atoms with Crippen molar-refractivity contribution < 1.29 is 9.90 Å². The van der Waals surface area contributed by atoms with E-state index in [1.54, 1.807) is 0 Å². The van der Waals surface area contributed by atoms with Crippen LogP contribution in [0, 0.1) is 13.8 Å². The molecular formula is C15H27N3O2. The van der Waals surface area contributed by atoms with Crippen molar-refractivity contribution >= 4 is 5.91 Å². The summed E-state index contributed by atoms with van der Waals surface area (Å²) in [6.45, 7) is 7.93. The maximum absolute atomic E-state index is 12.1. The molecule has 20 heavy (non-hydrogen) atoms. The van der Waals surface area contributed by atoms with Crippen molar-refractivity contribution in [2.75, 3.05) is 6.61 Å². The molecule has 0 saturated heterocycles. The van der Waals surface area contributed by atoms with Gasteiger partial charge in [0, 0.05) is 19.2 Å². The molecule has 0 aliphatic rings. The molecule has 0 aromatic carbocycles. The van der Waals surface area contributed by atoms with Gasteiger partial charge in [-0.3, -0.25) is 9.48 Å². The van der Waals surface area contributed by atoms with Gasteiger partial charge >= 0.3 is 0 Å². The number of aliphatic hydroxyl groups is 1. The number of amides is 1. The zero-order valence-electron chi connectivity index (χ0n) is 13.3. The molecule has 0 aliphatic heterocycles. The first-order valence-corrected chi connectivity index (χ1v) is 7.30. The highest BCUT2D eigenvalue weighted by Gasteiger charge is 2.27. The van der Waals surface area contributed by atoms with E-state index in [1.165, 1.54) is 0 Å². The summed E-state index contributed by atoms with van der Waals surface area (Å²) in [5.41, 5.74) is 2.76. The molecule has 0 spiro atoms. The monoisotopic (exact) mass is 281 g/mol. The maximum Gasteiger partial charge on any atom is 0.220 e. The van der Waals surface area contributed by atoms with E-state index in [0.717, 1.165) is 29.8 Å². The van der Waals surface area contributed by atoms with Gasteiger partial charge in [-0.25, -0.2) is 0 Å². The van der Waals surface area contributed by atoms with Gasteiger partial charge in [-0.2, -0.15) is 5.10 Å². The Hall–Kier alpha value is -1.36. The summed E-state index contributed by atoms with van der Waals surface area (Å²) in [6, 6.07) is 0. The fourth-order valence-corrected chi connectivity index (χ4v) is 2.47. The van der Waals surface area contributed by atoms with Gasteiger partial charge < -0.3 is 10.4 Å². The number of aryl methyl sites for hydroxylation is 2. The molecule has 5 nitrogen and oxygen atoms in total. The molecule has 1 aromatic heterocycles. The van der Waals surface area contributed by atoms with E-state index in [9.17, 15) is 9.90 Å². The summed E-state index contributed by atoms with van der Waals surface area (Å²) in [5.74, 6) is -0.00889.